The summed E-state index contributed by atoms with van der Waals surface area (Å²) >= 11 is 3.38. The molecular formula is C23H22BrN5O2. The van der Waals surface area contributed by atoms with Crippen molar-refractivity contribution in [1.29, 1.82) is 0 Å². The van der Waals surface area contributed by atoms with Crippen molar-refractivity contribution in [2.75, 3.05) is 18.0 Å². The molecule has 7 nitrogen and oxygen atoms in total. The summed E-state index contributed by atoms with van der Waals surface area (Å²) in [6.07, 6.45) is 10.2. The maximum Gasteiger partial charge on any atom is 0.255 e. The molecule has 31 heavy (non-hydrogen) atoms. The number of fused-ring (bicyclic) bond motifs is 1. The van der Waals surface area contributed by atoms with Crippen LogP contribution in [0.2, 0.25) is 0 Å². The highest BCUT2D eigenvalue weighted by Crippen LogP contribution is 2.37. The van der Waals surface area contributed by atoms with Crippen LogP contribution in [0.5, 0.6) is 0 Å². The van der Waals surface area contributed by atoms with E-state index in [4.69, 9.17) is 0 Å². The zero-order valence-corrected chi connectivity index (χ0v) is 18.7. The number of aromatic nitrogens is 3. The quantitative estimate of drug-likeness (QED) is 0.560. The molecule has 0 radical (unpaired) electrons. The van der Waals surface area contributed by atoms with Gasteiger partial charge in [-0.3, -0.25) is 19.5 Å². The lowest BCUT2D eigenvalue weighted by atomic mass is 9.89. The van der Waals surface area contributed by atoms with Gasteiger partial charge >= 0.3 is 0 Å². The van der Waals surface area contributed by atoms with Crippen LogP contribution in [-0.2, 0) is 4.79 Å². The summed E-state index contributed by atoms with van der Waals surface area (Å²) in [5.41, 5.74) is 3.58. The molecule has 1 saturated carbocycles. The Morgan fingerprint density at radius 3 is 2.87 bits per heavy atom. The third-order valence-corrected chi connectivity index (χ3v) is 6.37. The van der Waals surface area contributed by atoms with Crippen molar-refractivity contribution in [1.82, 2.24) is 19.9 Å². The number of hydrogen-bond acceptors (Lipinski definition) is 4. The van der Waals surface area contributed by atoms with Crippen molar-refractivity contribution in [3.8, 4) is 0 Å². The molecule has 4 heterocycles. The summed E-state index contributed by atoms with van der Waals surface area (Å²) in [7, 11) is 0. The fourth-order valence-electron chi connectivity index (χ4n) is 4.24. The van der Waals surface area contributed by atoms with Gasteiger partial charge in [0.05, 0.1) is 5.56 Å². The van der Waals surface area contributed by atoms with Crippen molar-refractivity contribution < 1.29 is 9.59 Å². The summed E-state index contributed by atoms with van der Waals surface area (Å²) in [6.45, 7) is 3.26. The minimum absolute atomic E-state index is 0.0287. The minimum atomic E-state index is -0.0287. The molecule has 3 aromatic heterocycles. The second-order valence-electron chi connectivity index (χ2n) is 8.17. The number of nitrogens with zero attached hydrogens (tertiary/aromatic N) is 4. The smallest absolute Gasteiger partial charge is 0.255 e. The number of rotatable bonds is 5. The Hall–Kier alpha value is -3.00. The standard InChI is InChI=1S/C23H22BrN5O2/c1-14-12-28(23(31)15-8-16(24)11-25-10-15)7-5-18(14)20-9-21(29(13-30)17-2-3-17)27-22-19(20)4-6-26-22/h4-6,8-11,13-14,17H,2-3,7,12H2,1H3,(H,26,27). The average Bonchev–Trinajstić information content (AvgIpc) is 3.49. The van der Waals surface area contributed by atoms with Crippen LogP contribution in [0.3, 0.4) is 0 Å². The van der Waals surface area contributed by atoms with Gasteiger partial charge in [-0.2, -0.15) is 0 Å². The number of carbonyl (C=O) groups excluding carboxylic acids is 2. The van der Waals surface area contributed by atoms with Crippen LogP contribution in [0.4, 0.5) is 5.82 Å². The first-order chi connectivity index (χ1) is 15.0. The number of halogens is 1. The number of anilines is 1. The van der Waals surface area contributed by atoms with Crippen LogP contribution in [0.15, 0.2) is 47.3 Å². The first-order valence-electron chi connectivity index (χ1n) is 10.4. The van der Waals surface area contributed by atoms with Gasteiger partial charge in [-0.15, -0.1) is 0 Å². The second-order valence-corrected chi connectivity index (χ2v) is 9.09. The first kappa shape index (κ1) is 19.9. The van der Waals surface area contributed by atoms with E-state index in [0.717, 1.165) is 40.3 Å². The third-order valence-electron chi connectivity index (χ3n) is 5.94. The van der Waals surface area contributed by atoms with Crippen molar-refractivity contribution in [3.05, 3.63) is 58.5 Å². The van der Waals surface area contributed by atoms with Gasteiger partial charge in [-0.05, 0) is 64.0 Å². The largest absolute Gasteiger partial charge is 0.346 e. The number of carbonyl (C=O) groups is 2. The van der Waals surface area contributed by atoms with E-state index in [0.29, 0.717) is 24.5 Å². The fourth-order valence-corrected chi connectivity index (χ4v) is 4.61. The summed E-state index contributed by atoms with van der Waals surface area (Å²) < 4.78 is 0.786. The predicted octanol–water partition coefficient (Wildman–Crippen LogP) is 4.02. The van der Waals surface area contributed by atoms with Crippen LogP contribution in [0.25, 0.3) is 16.6 Å². The zero-order chi connectivity index (χ0) is 21.5. The molecule has 2 aliphatic rings. The zero-order valence-electron chi connectivity index (χ0n) is 17.1. The molecule has 2 amide bonds. The van der Waals surface area contributed by atoms with E-state index in [1.54, 1.807) is 23.4 Å². The molecule has 1 aliphatic heterocycles. The molecule has 158 valence electrons. The SMILES string of the molecule is CC1CN(C(=O)c2cncc(Br)c2)CC=C1c1cc(N(C=O)C2CC2)nc2[nH]ccc12. The van der Waals surface area contributed by atoms with Crippen LogP contribution >= 0.6 is 15.9 Å². The van der Waals surface area contributed by atoms with Gasteiger partial charge in [0.25, 0.3) is 5.91 Å². The molecule has 0 aromatic carbocycles. The number of pyridine rings is 2. The lowest BCUT2D eigenvalue weighted by Gasteiger charge is -2.32. The van der Waals surface area contributed by atoms with Crippen molar-refractivity contribution in [3.63, 3.8) is 0 Å². The van der Waals surface area contributed by atoms with Crippen molar-refractivity contribution in [2.45, 2.75) is 25.8 Å². The number of H-pyrrole nitrogens is 1. The summed E-state index contributed by atoms with van der Waals surface area (Å²) in [4.78, 5) is 40.2. The Kier molecular flexibility index (Phi) is 5.09. The number of hydrogen-bond donors (Lipinski definition) is 1. The maximum atomic E-state index is 13.0. The summed E-state index contributed by atoms with van der Waals surface area (Å²) in [5.74, 6) is 0.782. The van der Waals surface area contributed by atoms with Gasteiger partial charge in [0.1, 0.15) is 11.5 Å². The van der Waals surface area contributed by atoms with Gasteiger partial charge in [0, 0.05) is 47.6 Å². The van der Waals surface area contributed by atoms with E-state index >= 15 is 0 Å². The molecule has 1 fully saturated rings. The molecule has 1 aliphatic carbocycles. The van der Waals surface area contributed by atoms with Gasteiger partial charge in [0.15, 0.2) is 0 Å². The van der Waals surface area contributed by atoms with E-state index in [1.807, 2.05) is 23.2 Å². The number of nitrogens with one attached hydrogen (secondary N) is 1. The first-order valence-corrected chi connectivity index (χ1v) is 11.2. The maximum absolute atomic E-state index is 13.0. The van der Waals surface area contributed by atoms with Crippen molar-refractivity contribution in [2.24, 2.45) is 5.92 Å². The summed E-state index contributed by atoms with van der Waals surface area (Å²) in [6, 6.07) is 6.07. The molecule has 0 bridgehead atoms. The highest BCUT2D eigenvalue weighted by Gasteiger charge is 2.31. The Bertz CT molecular complexity index is 1200. The van der Waals surface area contributed by atoms with E-state index in [2.05, 4.69) is 43.9 Å². The molecular weight excluding hydrogens is 458 g/mol. The normalized spacial score (nSPS) is 18.7. The highest BCUT2D eigenvalue weighted by molar-refractivity contribution is 9.10. The minimum Gasteiger partial charge on any atom is -0.346 e. The van der Waals surface area contributed by atoms with E-state index < -0.39 is 0 Å². The van der Waals surface area contributed by atoms with Crippen LogP contribution in [0.1, 0.15) is 35.7 Å². The molecule has 1 N–H and O–H groups in total. The van der Waals surface area contributed by atoms with E-state index in [9.17, 15) is 9.59 Å². The van der Waals surface area contributed by atoms with Gasteiger partial charge in [-0.25, -0.2) is 4.98 Å². The molecule has 3 aromatic rings. The Balaban J connectivity index is 1.48. The Morgan fingerprint density at radius 2 is 2.16 bits per heavy atom. The van der Waals surface area contributed by atoms with E-state index in [1.165, 1.54) is 5.57 Å². The second kappa shape index (κ2) is 7.92. The molecule has 8 heteroatoms. The van der Waals surface area contributed by atoms with Crippen LogP contribution in [0, 0.1) is 5.92 Å². The van der Waals surface area contributed by atoms with Crippen molar-refractivity contribution >= 4 is 50.7 Å². The van der Waals surface area contributed by atoms with Gasteiger partial charge in [-0.1, -0.05) is 13.0 Å². The Labute approximate surface area is 188 Å². The van der Waals surface area contributed by atoms with E-state index in [-0.39, 0.29) is 17.9 Å². The van der Waals surface area contributed by atoms with Crippen LogP contribution < -0.4 is 4.90 Å². The molecule has 0 saturated heterocycles. The Morgan fingerprint density at radius 1 is 1.32 bits per heavy atom. The third kappa shape index (κ3) is 3.76. The molecule has 5 rings (SSSR count). The fraction of sp³-hybridized carbons (Fsp3) is 0.304. The van der Waals surface area contributed by atoms with Crippen LogP contribution in [-0.4, -0.2) is 51.3 Å². The van der Waals surface area contributed by atoms with Gasteiger partial charge < -0.3 is 9.88 Å². The molecule has 0 spiro atoms. The lowest BCUT2D eigenvalue weighted by molar-refractivity contribution is -0.107. The molecule has 1 atom stereocenters. The monoisotopic (exact) mass is 479 g/mol. The van der Waals surface area contributed by atoms with Gasteiger partial charge in [0.2, 0.25) is 6.41 Å². The molecule has 1 unspecified atom stereocenters. The average molecular weight is 480 g/mol. The summed E-state index contributed by atoms with van der Waals surface area (Å²) in [5, 5.41) is 1.03. The number of amides is 2. The predicted molar refractivity (Wildman–Crippen MR) is 123 cm³/mol. The number of aromatic amines is 1. The lowest BCUT2D eigenvalue weighted by Crippen LogP contribution is -2.38. The highest BCUT2D eigenvalue weighted by atomic mass is 79.9. The topological polar surface area (TPSA) is 82.2 Å².